The van der Waals surface area contributed by atoms with Crippen molar-refractivity contribution < 1.29 is 0 Å². The molecule has 0 aliphatic carbocycles. The summed E-state index contributed by atoms with van der Waals surface area (Å²) in [6, 6.07) is 0. The molecular formula is C23H45N3. The first-order valence-corrected chi connectivity index (χ1v) is 11.5. The molecular weight excluding hydrogens is 318 g/mol. The maximum absolute atomic E-state index is 5.66. The Morgan fingerprint density at radius 1 is 0.846 bits per heavy atom. The molecule has 1 aliphatic heterocycles. The molecule has 3 nitrogen and oxygen atoms in total. The molecule has 1 heterocycles. The van der Waals surface area contributed by atoms with E-state index in [-0.39, 0.29) is 0 Å². The summed E-state index contributed by atoms with van der Waals surface area (Å²) in [6.07, 6.45) is 25.1. The van der Waals surface area contributed by atoms with E-state index in [1.807, 2.05) is 0 Å². The van der Waals surface area contributed by atoms with E-state index in [4.69, 9.17) is 5.73 Å². The molecule has 0 radical (unpaired) electrons. The van der Waals surface area contributed by atoms with Crippen LogP contribution in [-0.4, -0.2) is 36.9 Å². The average Bonchev–Trinajstić information content (AvgIpc) is 3.09. The number of allylic oxidation sites excluding steroid dienone is 2. The molecule has 0 saturated carbocycles. The first-order chi connectivity index (χ1) is 12.9. The van der Waals surface area contributed by atoms with Gasteiger partial charge in [-0.05, 0) is 32.1 Å². The molecule has 152 valence electrons. The van der Waals surface area contributed by atoms with E-state index in [9.17, 15) is 0 Å². The predicted molar refractivity (Wildman–Crippen MR) is 117 cm³/mol. The van der Waals surface area contributed by atoms with Crippen LogP contribution in [0.4, 0.5) is 0 Å². The molecule has 0 aromatic heterocycles. The molecule has 0 unspecified atom stereocenters. The van der Waals surface area contributed by atoms with Crippen LogP contribution in [0.2, 0.25) is 0 Å². The van der Waals surface area contributed by atoms with Crippen molar-refractivity contribution in [1.29, 1.82) is 0 Å². The third-order valence-corrected chi connectivity index (χ3v) is 5.34. The highest BCUT2D eigenvalue weighted by molar-refractivity contribution is 5.83. The Hall–Kier alpha value is -0.830. The lowest BCUT2D eigenvalue weighted by Crippen LogP contribution is -2.32. The molecule has 0 aromatic rings. The van der Waals surface area contributed by atoms with Crippen LogP contribution in [0.5, 0.6) is 0 Å². The molecule has 0 aromatic carbocycles. The van der Waals surface area contributed by atoms with Crippen molar-refractivity contribution in [2.24, 2.45) is 10.7 Å². The zero-order chi connectivity index (χ0) is 18.7. The van der Waals surface area contributed by atoms with Crippen molar-refractivity contribution in [3.63, 3.8) is 0 Å². The van der Waals surface area contributed by atoms with E-state index in [1.54, 1.807) is 0 Å². The molecule has 0 fully saturated rings. The highest BCUT2D eigenvalue weighted by Gasteiger charge is 2.14. The van der Waals surface area contributed by atoms with Crippen LogP contribution in [-0.2, 0) is 0 Å². The van der Waals surface area contributed by atoms with Gasteiger partial charge in [0.15, 0.2) is 0 Å². The Kier molecular flexibility index (Phi) is 15.7. The van der Waals surface area contributed by atoms with Gasteiger partial charge in [0.05, 0.1) is 12.4 Å². The molecule has 1 aliphatic rings. The monoisotopic (exact) mass is 363 g/mol. The lowest BCUT2D eigenvalue weighted by molar-refractivity contribution is 0.456. The molecule has 26 heavy (non-hydrogen) atoms. The first-order valence-electron chi connectivity index (χ1n) is 11.5. The topological polar surface area (TPSA) is 41.6 Å². The Morgan fingerprint density at radius 3 is 2.04 bits per heavy atom. The van der Waals surface area contributed by atoms with Gasteiger partial charge in [-0.15, -0.1) is 0 Å². The smallest absolute Gasteiger partial charge is 0.0990 e. The average molecular weight is 364 g/mol. The number of amidine groups is 1. The van der Waals surface area contributed by atoms with Crippen LogP contribution in [0.25, 0.3) is 0 Å². The third kappa shape index (κ3) is 12.5. The fraction of sp³-hybridized carbons (Fsp3) is 0.870. The van der Waals surface area contributed by atoms with Crippen LogP contribution in [0.1, 0.15) is 103 Å². The number of hydrogen-bond acceptors (Lipinski definition) is 3. The second kappa shape index (κ2) is 17.6. The Labute approximate surface area is 163 Å². The summed E-state index contributed by atoms with van der Waals surface area (Å²) in [5.41, 5.74) is 5.66. The van der Waals surface area contributed by atoms with Crippen molar-refractivity contribution in [3.05, 3.63) is 12.2 Å². The van der Waals surface area contributed by atoms with Gasteiger partial charge in [0.1, 0.15) is 0 Å². The van der Waals surface area contributed by atoms with Gasteiger partial charge >= 0.3 is 0 Å². The number of nitrogens with two attached hydrogens (primary N) is 1. The van der Waals surface area contributed by atoms with Crippen LogP contribution in [0.3, 0.4) is 0 Å². The zero-order valence-corrected chi connectivity index (χ0v) is 17.6. The van der Waals surface area contributed by atoms with E-state index >= 15 is 0 Å². The van der Waals surface area contributed by atoms with Crippen molar-refractivity contribution >= 4 is 5.84 Å². The number of rotatable bonds is 18. The molecule has 0 bridgehead atoms. The zero-order valence-electron chi connectivity index (χ0n) is 17.6. The quantitative estimate of drug-likeness (QED) is 0.236. The largest absolute Gasteiger partial charge is 0.357 e. The molecule has 0 atom stereocenters. The lowest BCUT2D eigenvalue weighted by atomic mass is 10.1. The van der Waals surface area contributed by atoms with Gasteiger partial charge in [0.25, 0.3) is 0 Å². The SMILES string of the molecule is CCCCC/C=C/CCCCCCCCCCCC1=NCCN1CCN. The number of nitrogens with zero attached hydrogens (tertiary/aromatic N) is 2. The highest BCUT2D eigenvalue weighted by Crippen LogP contribution is 2.14. The third-order valence-electron chi connectivity index (χ3n) is 5.34. The second-order valence-electron chi connectivity index (χ2n) is 7.76. The van der Waals surface area contributed by atoms with Gasteiger partial charge in [-0.25, -0.2) is 0 Å². The van der Waals surface area contributed by atoms with E-state index in [1.165, 1.54) is 95.7 Å². The van der Waals surface area contributed by atoms with Crippen molar-refractivity contribution in [2.75, 3.05) is 26.2 Å². The molecule has 1 rings (SSSR count). The van der Waals surface area contributed by atoms with Crippen molar-refractivity contribution in [2.45, 2.75) is 103 Å². The van der Waals surface area contributed by atoms with E-state index in [2.05, 4.69) is 29.0 Å². The first kappa shape index (κ1) is 23.2. The summed E-state index contributed by atoms with van der Waals surface area (Å²) in [5.74, 6) is 1.31. The summed E-state index contributed by atoms with van der Waals surface area (Å²) in [4.78, 5) is 7.00. The summed E-state index contributed by atoms with van der Waals surface area (Å²) in [6.45, 7) is 6.06. The summed E-state index contributed by atoms with van der Waals surface area (Å²) >= 11 is 0. The summed E-state index contributed by atoms with van der Waals surface area (Å²) in [5, 5.41) is 0. The fourth-order valence-electron chi connectivity index (χ4n) is 3.69. The molecule has 2 N–H and O–H groups in total. The predicted octanol–water partition coefficient (Wildman–Crippen LogP) is 6.09. The Bertz CT molecular complexity index is 362. The minimum atomic E-state index is 0.744. The van der Waals surface area contributed by atoms with E-state index in [0.717, 1.165) is 32.6 Å². The van der Waals surface area contributed by atoms with Crippen LogP contribution >= 0.6 is 0 Å². The Balaban J connectivity index is 1.78. The minimum Gasteiger partial charge on any atom is -0.357 e. The Morgan fingerprint density at radius 2 is 1.42 bits per heavy atom. The van der Waals surface area contributed by atoms with Gasteiger partial charge in [0, 0.05) is 26.1 Å². The van der Waals surface area contributed by atoms with Gasteiger partial charge in [0.2, 0.25) is 0 Å². The van der Waals surface area contributed by atoms with Gasteiger partial charge < -0.3 is 10.6 Å². The second-order valence-corrected chi connectivity index (χ2v) is 7.76. The van der Waals surface area contributed by atoms with E-state index < -0.39 is 0 Å². The maximum atomic E-state index is 5.66. The fourth-order valence-corrected chi connectivity index (χ4v) is 3.69. The van der Waals surface area contributed by atoms with Crippen LogP contribution < -0.4 is 5.73 Å². The van der Waals surface area contributed by atoms with Gasteiger partial charge in [-0.2, -0.15) is 0 Å². The number of hydrogen-bond donors (Lipinski definition) is 1. The van der Waals surface area contributed by atoms with Crippen molar-refractivity contribution in [1.82, 2.24) is 4.90 Å². The summed E-state index contributed by atoms with van der Waals surface area (Å²) < 4.78 is 0. The summed E-state index contributed by atoms with van der Waals surface area (Å²) in [7, 11) is 0. The van der Waals surface area contributed by atoms with Crippen molar-refractivity contribution in [3.8, 4) is 0 Å². The minimum absolute atomic E-state index is 0.744. The maximum Gasteiger partial charge on any atom is 0.0990 e. The number of unbranched alkanes of at least 4 members (excludes halogenated alkanes) is 12. The lowest BCUT2D eigenvalue weighted by Gasteiger charge is -2.19. The highest BCUT2D eigenvalue weighted by atomic mass is 15.2. The van der Waals surface area contributed by atoms with Crippen LogP contribution in [0.15, 0.2) is 17.1 Å². The normalized spacial score (nSPS) is 14.5. The van der Waals surface area contributed by atoms with E-state index in [0.29, 0.717) is 0 Å². The van der Waals surface area contributed by atoms with Gasteiger partial charge in [-0.1, -0.05) is 76.9 Å². The molecule has 0 spiro atoms. The molecule has 0 amide bonds. The van der Waals surface area contributed by atoms with Gasteiger partial charge in [-0.3, -0.25) is 4.99 Å². The molecule has 3 heteroatoms. The molecule has 0 saturated heterocycles. The number of aliphatic imine (C=N–C) groups is 1. The standard InChI is InChI=1S/C23H45N3/c1-2-3-4-5-6-7-8-9-10-11-12-13-14-15-16-17-18-23-25-20-22-26(23)21-19-24/h6-7H,2-5,8-22,24H2,1H3/b7-6+. The van der Waals surface area contributed by atoms with Crippen LogP contribution in [0, 0.1) is 0 Å².